The van der Waals surface area contributed by atoms with Gasteiger partial charge >= 0.3 is 0 Å². The van der Waals surface area contributed by atoms with E-state index in [2.05, 4.69) is 48.7 Å². The van der Waals surface area contributed by atoms with Crippen molar-refractivity contribution in [3.63, 3.8) is 0 Å². The quantitative estimate of drug-likeness (QED) is 0.777. The number of hydrogen-bond acceptors (Lipinski definition) is 4. The Morgan fingerprint density at radius 3 is 2.68 bits per heavy atom. The Bertz CT molecular complexity index is 721. The van der Waals surface area contributed by atoms with Crippen molar-refractivity contribution in [3.05, 3.63) is 65.2 Å². The summed E-state index contributed by atoms with van der Waals surface area (Å²) in [4.78, 5) is 12.0. The van der Waals surface area contributed by atoms with E-state index in [1.165, 1.54) is 11.1 Å². The van der Waals surface area contributed by atoms with Crippen molar-refractivity contribution in [2.45, 2.75) is 31.8 Å². The number of rotatable bonds is 6. The van der Waals surface area contributed by atoms with Crippen LogP contribution in [0.1, 0.15) is 29.2 Å². The first kappa shape index (κ1) is 17.8. The number of amides is 1. The molecule has 0 radical (unpaired) electrons. The molecule has 2 N–H and O–H groups in total. The van der Waals surface area contributed by atoms with E-state index >= 15 is 0 Å². The molecule has 2 aromatic rings. The highest BCUT2D eigenvalue weighted by Crippen LogP contribution is 2.23. The molecule has 1 aliphatic rings. The molecule has 0 aromatic heterocycles. The summed E-state index contributed by atoms with van der Waals surface area (Å²) in [6.45, 7) is 4.79. The Labute approximate surface area is 153 Å². The lowest BCUT2D eigenvalue weighted by molar-refractivity contribution is -0.123. The Kier molecular flexibility index (Phi) is 6.00. The minimum absolute atomic E-state index is 0.0631. The van der Waals surface area contributed by atoms with Crippen LogP contribution in [0.3, 0.4) is 0 Å². The summed E-state index contributed by atoms with van der Waals surface area (Å²) in [5.41, 5.74) is 3.56. The molecule has 1 aliphatic heterocycles. The number of aryl methyl sites for hydroxylation is 2. The fraction of sp³-hybridized carbons (Fsp3) is 0.350. The molecule has 25 heavy (non-hydrogen) atoms. The number of thioether (sulfide) groups is 1. The van der Waals surface area contributed by atoms with Gasteiger partial charge in [-0.15, -0.1) is 11.8 Å². The number of hydrogen-bond donors (Lipinski definition) is 2. The van der Waals surface area contributed by atoms with Crippen LogP contribution in [0.15, 0.2) is 48.5 Å². The molecule has 4 nitrogen and oxygen atoms in total. The van der Waals surface area contributed by atoms with Gasteiger partial charge in [-0.25, -0.2) is 0 Å². The molecular formula is C20H24N2O2S. The topological polar surface area (TPSA) is 50.4 Å². The molecule has 1 saturated heterocycles. The van der Waals surface area contributed by atoms with E-state index in [4.69, 9.17) is 4.74 Å². The summed E-state index contributed by atoms with van der Waals surface area (Å²) in [5.74, 6) is 1.78. The number of benzene rings is 2. The van der Waals surface area contributed by atoms with Crippen LogP contribution in [0.5, 0.6) is 5.75 Å². The van der Waals surface area contributed by atoms with Crippen LogP contribution in [0.2, 0.25) is 0 Å². The fourth-order valence-electron chi connectivity index (χ4n) is 2.79. The molecule has 0 aliphatic carbocycles. The second-order valence-corrected chi connectivity index (χ2v) is 7.46. The van der Waals surface area contributed by atoms with Crippen molar-refractivity contribution in [3.8, 4) is 5.75 Å². The zero-order chi connectivity index (χ0) is 17.6. The second-order valence-electron chi connectivity index (χ2n) is 6.25. The maximum atomic E-state index is 12.0. The van der Waals surface area contributed by atoms with E-state index in [0.717, 1.165) is 17.1 Å². The first-order valence-corrected chi connectivity index (χ1v) is 9.59. The molecule has 1 heterocycles. The molecule has 5 heteroatoms. The van der Waals surface area contributed by atoms with Crippen LogP contribution in [0.4, 0.5) is 0 Å². The van der Waals surface area contributed by atoms with Crippen LogP contribution < -0.4 is 15.4 Å². The SMILES string of the molecule is Cc1ccc(OCCSC2NC(=O)CC(c3ccccc3)N2)cc1C. The van der Waals surface area contributed by atoms with Crippen LogP contribution in [-0.4, -0.2) is 23.8 Å². The van der Waals surface area contributed by atoms with Gasteiger partial charge in [-0.1, -0.05) is 36.4 Å². The zero-order valence-corrected chi connectivity index (χ0v) is 15.4. The Hall–Kier alpha value is -1.98. The third kappa shape index (κ3) is 5.00. The van der Waals surface area contributed by atoms with E-state index in [-0.39, 0.29) is 17.4 Å². The number of nitrogens with one attached hydrogen (secondary N) is 2. The van der Waals surface area contributed by atoms with Crippen molar-refractivity contribution < 1.29 is 9.53 Å². The zero-order valence-electron chi connectivity index (χ0n) is 14.6. The molecule has 2 atom stereocenters. The number of ether oxygens (including phenoxy) is 1. The summed E-state index contributed by atoms with van der Waals surface area (Å²) in [7, 11) is 0. The van der Waals surface area contributed by atoms with Gasteiger partial charge in [-0.05, 0) is 42.7 Å². The Morgan fingerprint density at radius 2 is 1.92 bits per heavy atom. The molecular weight excluding hydrogens is 332 g/mol. The molecule has 0 saturated carbocycles. The minimum atomic E-state index is -0.0881. The maximum absolute atomic E-state index is 12.0. The fourth-order valence-corrected chi connectivity index (χ4v) is 3.68. The normalized spacial score (nSPS) is 20.2. The van der Waals surface area contributed by atoms with Crippen molar-refractivity contribution in [1.82, 2.24) is 10.6 Å². The van der Waals surface area contributed by atoms with Gasteiger partial charge in [0, 0.05) is 18.2 Å². The van der Waals surface area contributed by atoms with E-state index in [1.807, 2.05) is 24.3 Å². The average Bonchev–Trinajstić information content (AvgIpc) is 2.62. The van der Waals surface area contributed by atoms with Gasteiger partial charge in [0.2, 0.25) is 5.91 Å². The van der Waals surface area contributed by atoms with Crippen LogP contribution in [0, 0.1) is 13.8 Å². The van der Waals surface area contributed by atoms with Crippen molar-refractivity contribution in [2.75, 3.05) is 12.4 Å². The molecule has 0 bridgehead atoms. The summed E-state index contributed by atoms with van der Waals surface area (Å²) >= 11 is 1.66. The summed E-state index contributed by atoms with van der Waals surface area (Å²) in [6.07, 6.45) is 0.472. The van der Waals surface area contributed by atoms with Gasteiger partial charge in [0.25, 0.3) is 0 Å². The highest BCUT2D eigenvalue weighted by Gasteiger charge is 2.26. The van der Waals surface area contributed by atoms with E-state index in [9.17, 15) is 4.79 Å². The summed E-state index contributed by atoms with van der Waals surface area (Å²) in [6, 6.07) is 16.3. The summed E-state index contributed by atoms with van der Waals surface area (Å²) < 4.78 is 5.81. The van der Waals surface area contributed by atoms with Gasteiger partial charge in [-0.2, -0.15) is 0 Å². The van der Waals surface area contributed by atoms with E-state index < -0.39 is 0 Å². The highest BCUT2D eigenvalue weighted by molar-refractivity contribution is 7.99. The molecule has 132 valence electrons. The molecule has 1 amide bonds. The van der Waals surface area contributed by atoms with Crippen molar-refractivity contribution in [2.24, 2.45) is 0 Å². The van der Waals surface area contributed by atoms with Gasteiger partial charge < -0.3 is 10.1 Å². The Balaban J connectivity index is 1.47. The lowest BCUT2D eigenvalue weighted by Gasteiger charge is -2.31. The third-order valence-corrected chi connectivity index (χ3v) is 5.34. The summed E-state index contributed by atoms with van der Waals surface area (Å²) in [5, 5.41) is 6.48. The second kappa shape index (κ2) is 8.41. The molecule has 0 spiro atoms. The maximum Gasteiger partial charge on any atom is 0.223 e. The third-order valence-electron chi connectivity index (χ3n) is 4.35. The van der Waals surface area contributed by atoms with Crippen molar-refractivity contribution in [1.29, 1.82) is 0 Å². The van der Waals surface area contributed by atoms with E-state index in [1.54, 1.807) is 11.8 Å². The molecule has 3 rings (SSSR count). The molecule has 2 unspecified atom stereocenters. The lowest BCUT2D eigenvalue weighted by atomic mass is 10.0. The lowest BCUT2D eigenvalue weighted by Crippen LogP contribution is -2.51. The van der Waals surface area contributed by atoms with Crippen LogP contribution in [0.25, 0.3) is 0 Å². The van der Waals surface area contributed by atoms with Gasteiger partial charge in [0.15, 0.2) is 0 Å². The predicted molar refractivity (Wildman–Crippen MR) is 103 cm³/mol. The van der Waals surface area contributed by atoms with Gasteiger partial charge in [-0.3, -0.25) is 10.1 Å². The molecule has 2 aromatic carbocycles. The van der Waals surface area contributed by atoms with Crippen LogP contribution in [-0.2, 0) is 4.79 Å². The standard InChI is InChI=1S/C20H24N2O2S/c1-14-8-9-17(12-15(14)2)24-10-11-25-20-21-18(13-19(23)22-20)16-6-4-3-5-7-16/h3-9,12,18,20-21H,10-11,13H2,1-2H3,(H,22,23). The smallest absolute Gasteiger partial charge is 0.223 e. The predicted octanol–water partition coefficient (Wildman–Crippen LogP) is 3.55. The number of carbonyl (C=O) groups is 1. The monoisotopic (exact) mass is 356 g/mol. The highest BCUT2D eigenvalue weighted by atomic mass is 32.2. The number of carbonyl (C=O) groups excluding carboxylic acids is 1. The van der Waals surface area contributed by atoms with Gasteiger partial charge in [0.1, 0.15) is 11.2 Å². The van der Waals surface area contributed by atoms with Crippen molar-refractivity contribution >= 4 is 17.7 Å². The van der Waals surface area contributed by atoms with Gasteiger partial charge in [0.05, 0.1) is 6.61 Å². The van der Waals surface area contributed by atoms with E-state index in [0.29, 0.717) is 13.0 Å². The molecule has 1 fully saturated rings. The minimum Gasteiger partial charge on any atom is -0.493 e. The Morgan fingerprint density at radius 1 is 1.12 bits per heavy atom. The first-order chi connectivity index (χ1) is 12.1. The van der Waals surface area contributed by atoms with Crippen LogP contribution >= 0.6 is 11.8 Å². The largest absolute Gasteiger partial charge is 0.493 e. The average molecular weight is 356 g/mol. The first-order valence-electron chi connectivity index (χ1n) is 8.54.